The van der Waals surface area contributed by atoms with Gasteiger partial charge in [-0.25, -0.2) is 9.37 Å². The first-order valence-corrected chi connectivity index (χ1v) is 10.6. The van der Waals surface area contributed by atoms with Crippen molar-refractivity contribution in [3.63, 3.8) is 0 Å². The Balaban J connectivity index is 1.56. The van der Waals surface area contributed by atoms with Gasteiger partial charge >= 0.3 is 0 Å². The zero-order chi connectivity index (χ0) is 19.6. The number of aromatic nitrogens is 2. The molecule has 0 saturated heterocycles. The maximum absolute atomic E-state index is 13.6. The minimum Gasteiger partial charge on any atom is -0.349 e. The Hall–Kier alpha value is -1.61. The van der Waals surface area contributed by atoms with Crippen LogP contribution >= 0.6 is 46.3 Å². The molecule has 3 rings (SSSR count). The molecule has 0 saturated carbocycles. The summed E-state index contributed by atoms with van der Waals surface area (Å²) in [6.45, 7) is 1.71. The Labute approximate surface area is 172 Å². The van der Waals surface area contributed by atoms with E-state index in [4.69, 9.17) is 23.2 Å². The Bertz CT molecular complexity index is 1050. The Kier molecular flexibility index (Phi) is 6.41. The Morgan fingerprint density at radius 3 is 2.93 bits per heavy atom. The second-order valence-electron chi connectivity index (χ2n) is 5.71. The average Bonchev–Trinajstić information content (AvgIpc) is 3.07. The van der Waals surface area contributed by atoms with Gasteiger partial charge in [-0.3, -0.25) is 14.0 Å². The number of carbonyl (C=O) groups is 1. The highest BCUT2D eigenvalue weighted by molar-refractivity contribution is 7.99. The van der Waals surface area contributed by atoms with Gasteiger partial charge in [-0.2, -0.15) is 0 Å². The normalized spacial score (nSPS) is 12.3. The fourth-order valence-electron chi connectivity index (χ4n) is 2.44. The minimum absolute atomic E-state index is 0.0658. The van der Waals surface area contributed by atoms with Gasteiger partial charge in [-0.15, -0.1) is 23.1 Å². The molecule has 2 aromatic heterocycles. The molecule has 1 amide bonds. The second kappa shape index (κ2) is 8.60. The fourth-order valence-corrected chi connectivity index (χ4v) is 4.45. The Morgan fingerprint density at radius 1 is 1.37 bits per heavy atom. The first-order chi connectivity index (χ1) is 12.8. The molecule has 1 N–H and O–H groups in total. The van der Waals surface area contributed by atoms with Crippen molar-refractivity contribution in [3.05, 3.63) is 67.2 Å². The number of amides is 1. The van der Waals surface area contributed by atoms with Gasteiger partial charge in [0.25, 0.3) is 5.56 Å². The molecule has 5 nitrogen and oxygen atoms in total. The van der Waals surface area contributed by atoms with Crippen molar-refractivity contribution in [2.45, 2.75) is 18.7 Å². The highest BCUT2D eigenvalue weighted by atomic mass is 35.5. The molecule has 142 valence electrons. The number of fused-ring (bicyclic) bond motifs is 1. The first kappa shape index (κ1) is 20.1. The molecule has 0 spiro atoms. The van der Waals surface area contributed by atoms with E-state index in [0.29, 0.717) is 22.0 Å². The maximum atomic E-state index is 13.6. The molecule has 0 radical (unpaired) electrons. The van der Waals surface area contributed by atoms with Crippen LogP contribution in [0.5, 0.6) is 0 Å². The number of nitrogens with zero attached hydrogens (tertiary/aromatic N) is 2. The van der Waals surface area contributed by atoms with Crippen molar-refractivity contribution < 1.29 is 9.18 Å². The number of halogens is 3. The fraction of sp³-hybridized carbons (Fsp3) is 0.235. The summed E-state index contributed by atoms with van der Waals surface area (Å²) in [6, 6.07) is 3.53. The smallest absolute Gasteiger partial charge is 0.258 e. The standard InChI is InChI=1S/C17H14Cl2FN3O2S2/c1-9(11-5-14(20)13(19)6-12(11)18)21-15(24)8-26-7-10-4-16(25)23-2-3-27-17(23)22-10/h2-6,9H,7-8H2,1H3,(H,21,24). The van der Waals surface area contributed by atoms with Gasteiger partial charge in [0.1, 0.15) is 5.82 Å². The van der Waals surface area contributed by atoms with Crippen LogP contribution in [0, 0.1) is 5.82 Å². The molecular formula is C17H14Cl2FN3O2S2. The topological polar surface area (TPSA) is 63.5 Å². The van der Waals surface area contributed by atoms with Gasteiger partial charge in [0, 0.05) is 28.4 Å². The number of carbonyl (C=O) groups excluding carboxylic acids is 1. The van der Waals surface area contributed by atoms with Crippen molar-refractivity contribution in [1.82, 2.24) is 14.7 Å². The van der Waals surface area contributed by atoms with E-state index in [1.54, 1.807) is 18.5 Å². The number of benzene rings is 1. The number of thiazole rings is 1. The molecule has 0 aliphatic carbocycles. The van der Waals surface area contributed by atoms with Crippen molar-refractivity contribution in [1.29, 1.82) is 0 Å². The summed E-state index contributed by atoms with van der Waals surface area (Å²) in [5, 5.41) is 4.78. The summed E-state index contributed by atoms with van der Waals surface area (Å²) in [5.74, 6) is -0.216. The maximum Gasteiger partial charge on any atom is 0.258 e. The van der Waals surface area contributed by atoms with Gasteiger partial charge in [-0.1, -0.05) is 23.2 Å². The predicted octanol–water partition coefficient (Wildman–Crippen LogP) is 4.31. The molecule has 3 aromatic rings. The highest BCUT2D eigenvalue weighted by Gasteiger charge is 2.16. The summed E-state index contributed by atoms with van der Waals surface area (Å²) in [5.41, 5.74) is 0.931. The molecule has 1 unspecified atom stereocenters. The number of hydrogen-bond donors (Lipinski definition) is 1. The van der Waals surface area contributed by atoms with Gasteiger partial charge in [0.05, 0.1) is 22.5 Å². The van der Waals surface area contributed by atoms with Crippen LogP contribution in [-0.4, -0.2) is 21.0 Å². The summed E-state index contributed by atoms with van der Waals surface area (Å²) >= 11 is 14.5. The van der Waals surface area contributed by atoms with E-state index in [1.807, 2.05) is 0 Å². The zero-order valence-corrected chi connectivity index (χ0v) is 17.2. The quantitative estimate of drug-likeness (QED) is 0.574. The molecule has 2 heterocycles. The SMILES string of the molecule is CC(NC(=O)CSCc1cc(=O)n2ccsc2n1)c1cc(F)c(Cl)cc1Cl. The molecular weight excluding hydrogens is 432 g/mol. The lowest BCUT2D eigenvalue weighted by molar-refractivity contribution is -0.119. The Morgan fingerprint density at radius 2 is 2.15 bits per heavy atom. The molecule has 0 fully saturated rings. The molecule has 0 aliphatic heterocycles. The van der Waals surface area contributed by atoms with E-state index in [1.165, 1.54) is 45.7 Å². The van der Waals surface area contributed by atoms with Crippen LogP contribution in [0.3, 0.4) is 0 Å². The van der Waals surface area contributed by atoms with Crippen LogP contribution in [0.4, 0.5) is 4.39 Å². The summed E-state index contributed by atoms with van der Waals surface area (Å²) < 4.78 is 15.1. The highest BCUT2D eigenvalue weighted by Crippen LogP contribution is 2.28. The molecule has 10 heteroatoms. The number of hydrogen-bond acceptors (Lipinski definition) is 5. The van der Waals surface area contributed by atoms with E-state index < -0.39 is 11.9 Å². The first-order valence-electron chi connectivity index (χ1n) is 7.82. The van der Waals surface area contributed by atoms with Crippen LogP contribution in [0.25, 0.3) is 4.96 Å². The van der Waals surface area contributed by atoms with Crippen LogP contribution < -0.4 is 10.9 Å². The number of nitrogens with one attached hydrogen (secondary N) is 1. The van der Waals surface area contributed by atoms with E-state index in [-0.39, 0.29) is 27.3 Å². The average molecular weight is 446 g/mol. The van der Waals surface area contributed by atoms with E-state index in [2.05, 4.69) is 10.3 Å². The molecule has 1 atom stereocenters. The van der Waals surface area contributed by atoms with E-state index in [0.717, 1.165) is 0 Å². The summed E-state index contributed by atoms with van der Waals surface area (Å²) in [7, 11) is 0. The van der Waals surface area contributed by atoms with Crippen molar-refractivity contribution in [2.24, 2.45) is 0 Å². The molecule has 0 bridgehead atoms. The lowest BCUT2D eigenvalue weighted by atomic mass is 10.1. The molecule has 1 aromatic carbocycles. The van der Waals surface area contributed by atoms with Gasteiger partial charge in [-0.05, 0) is 24.6 Å². The largest absolute Gasteiger partial charge is 0.349 e. The predicted molar refractivity (Wildman–Crippen MR) is 108 cm³/mol. The second-order valence-corrected chi connectivity index (χ2v) is 8.38. The third-order valence-corrected chi connectivity index (χ3v) is 6.06. The molecule has 0 aliphatic rings. The van der Waals surface area contributed by atoms with Crippen molar-refractivity contribution in [3.8, 4) is 0 Å². The van der Waals surface area contributed by atoms with Crippen molar-refractivity contribution in [2.75, 3.05) is 5.75 Å². The van der Waals surface area contributed by atoms with Gasteiger partial charge in [0.2, 0.25) is 5.91 Å². The van der Waals surface area contributed by atoms with Crippen molar-refractivity contribution >= 4 is 57.2 Å². The van der Waals surface area contributed by atoms with Crippen LogP contribution in [-0.2, 0) is 10.5 Å². The van der Waals surface area contributed by atoms with Crippen LogP contribution in [0.2, 0.25) is 10.0 Å². The van der Waals surface area contributed by atoms with E-state index >= 15 is 0 Å². The molecule has 27 heavy (non-hydrogen) atoms. The van der Waals surface area contributed by atoms with E-state index in [9.17, 15) is 14.0 Å². The lowest BCUT2D eigenvalue weighted by Crippen LogP contribution is -2.28. The summed E-state index contributed by atoms with van der Waals surface area (Å²) in [4.78, 5) is 29.1. The van der Waals surface area contributed by atoms with Crippen LogP contribution in [0.1, 0.15) is 24.2 Å². The van der Waals surface area contributed by atoms with Gasteiger partial charge in [0.15, 0.2) is 4.96 Å². The monoisotopic (exact) mass is 445 g/mol. The lowest BCUT2D eigenvalue weighted by Gasteiger charge is -2.16. The van der Waals surface area contributed by atoms with Gasteiger partial charge < -0.3 is 5.32 Å². The third-order valence-electron chi connectivity index (χ3n) is 3.72. The van der Waals surface area contributed by atoms with Crippen LogP contribution in [0.15, 0.2) is 34.6 Å². The zero-order valence-electron chi connectivity index (χ0n) is 14.0. The third kappa shape index (κ3) is 4.82. The minimum atomic E-state index is -0.590. The number of rotatable bonds is 6. The summed E-state index contributed by atoms with van der Waals surface area (Å²) in [6.07, 6.45) is 1.67. The number of thioether (sulfide) groups is 1.